The Bertz CT molecular complexity index is 610. The van der Waals surface area contributed by atoms with E-state index in [1.807, 2.05) is 18.2 Å². The second-order valence-corrected chi connectivity index (χ2v) is 6.01. The highest BCUT2D eigenvalue weighted by Crippen LogP contribution is 2.53. The van der Waals surface area contributed by atoms with Crippen LogP contribution in [0.3, 0.4) is 0 Å². The number of amides is 2. The number of benzene rings is 1. The van der Waals surface area contributed by atoms with Crippen LogP contribution in [0.25, 0.3) is 0 Å². The molecule has 1 heterocycles. The molecular weight excluding hydrogens is 266 g/mol. The Balaban J connectivity index is 1.68. The molecule has 0 unspecified atom stereocenters. The first kappa shape index (κ1) is 12.6. The lowest BCUT2D eigenvalue weighted by Gasteiger charge is -2.29. The number of fused-ring (bicyclic) bond motifs is 2. The Hall–Kier alpha value is -2.10. The molecule has 4 nitrogen and oxygen atoms in total. The summed E-state index contributed by atoms with van der Waals surface area (Å²) in [5, 5.41) is 0. The van der Waals surface area contributed by atoms with E-state index < -0.39 is 6.09 Å². The lowest BCUT2D eigenvalue weighted by atomic mass is 9.78. The Kier molecular flexibility index (Phi) is 2.84. The zero-order valence-corrected chi connectivity index (χ0v) is 11.6. The van der Waals surface area contributed by atoms with Crippen LogP contribution in [0.1, 0.15) is 17.9 Å². The third kappa shape index (κ3) is 1.89. The van der Waals surface area contributed by atoms with Gasteiger partial charge in [0.15, 0.2) is 0 Å². The molecule has 0 N–H and O–H groups in total. The van der Waals surface area contributed by atoms with Gasteiger partial charge in [-0.3, -0.25) is 4.79 Å². The van der Waals surface area contributed by atoms with Crippen LogP contribution in [0.15, 0.2) is 42.5 Å². The second kappa shape index (κ2) is 4.72. The van der Waals surface area contributed by atoms with Crippen molar-refractivity contribution in [3.8, 4) is 0 Å². The molecule has 2 fully saturated rings. The van der Waals surface area contributed by atoms with Crippen LogP contribution < -0.4 is 0 Å². The molecule has 21 heavy (non-hydrogen) atoms. The molecule has 1 aromatic rings. The lowest BCUT2D eigenvalue weighted by Crippen LogP contribution is -2.40. The zero-order valence-electron chi connectivity index (χ0n) is 11.6. The second-order valence-electron chi connectivity index (χ2n) is 6.01. The maximum Gasteiger partial charge on any atom is 0.416 e. The molecule has 4 heteroatoms. The molecule has 1 saturated carbocycles. The summed E-state index contributed by atoms with van der Waals surface area (Å²) < 4.78 is 4.92. The van der Waals surface area contributed by atoms with Gasteiger partial charge < -0.3 is 4.74 Å². The van der Waals surface area contributed by atoms with E-state index in [2.05, 4.69) is 24.3 Å². The van der Waals surface area contributed by atoms with Gasteiger partial charge in [-0.1, -0.05) is 42.5 Å². The standard InChI is InChI=1S/C17H17NO3/c19-16(18-8-9-21-17(18)20)15-13-7-6-12(10-13)14(15)11-4-2-1-3-5-11/h1-7,12-15H,8-10H2/t12-,13+,14-,15-/m0/s1. The summed E-state index contributed by atoms with van der Waals surface area (Å²) in [5.74, 6) is 0.643. The first-order valence-electron chi connectivity index (χ1n) is 7.47. The molecule has 108 valence electrons. The van der Waals surface area contributed by atoms with Gasteiger partial charge >= 0.3 is 6.09 Å². The number of hydrogen-bond donors (Lipinski definition) is 0. The molecule has 2 bridgehead atoms. The van der Waals surface area contributed by atoms with Crippen molar-refractivity contribution in [1.82, 2.24) is 4.90 Å². The third-order valence-electron chi connectivity index (χ3n) is 4.96. The van der Waals surface area contributed by atoms with E-state index in [4.69, 9.17) is 4.74 Å². The quantitative estimate of drug-likeness (QED) is 0.784. The van der Waals surface area contributed by atoms with E-state index in [1.54, 1.807) is 0 Å². The Morgan fingerprint density at radius 3 is 2.62 bits per heavy atom. The van der Waals surface area contributed by atoms with Crippen LogP contribution in [0, 0.1) is 17.8 Å². The van der Waals surface area contributed by atoms with E-state index in [9.17, 15) is 9.59 Å². The number of imide groups is 1. The Morgan fingerprint density at radius 1 is 1.14 bits per heavy atom. The molecule has 0 aromatic heterocycles. The number of allylic oxidation sites excluding steroid dienone is 2. The fraction of sp³-hybridized carbons (Fsp3) is 0.412. The van der Waals surface area contributed by atoms with Gasteiger partial charge in [0.2, 0.25) is 5.91 Å². The predicted molar refractivity (Wildman–Crippen MR) is 76.5 cm³/mol. The maximum absolute atomic E-state index is 12.8. The number of nitrogens with zero attached hydrogens (tertiary/aromatic N) is 1. The molecule has 4 rings (SSSR count). The molecule has 0 spiro atoms. The van der Waals surface area contributed by atoms with E-state index >= 15 is 0 Å². The van der Waals surface area contributed by atoms with Gasteiger partial charge in [0, 0.05) is 5.92 Å². The highest BCUT2D eigenvalue weighted by Gasteiger charge is 2.51. The number of carbonyl (C=O) groups excluding carboxylic acids is 2. The zero-order chi connectivity index (χ0) is 14.4. The summed E-state index contributed by atoms with van der Waals surface area (Å²) in [6, 6.07) is 10.2. The fourth-order valence-corrected chi connectivity index (χ4v) is 4.06. The number of rotatable bonds is 2. The molecule has 3 aliphatic rings. The van der Waals surface area contributed by atoms with Gasteiger partial charge in [0.1, 0.15) is 6.61 Å². The van der Waals surface area contributed by atoms with Crippen molar-refractivity contribution in [1.29, 1.82) is 0 Å². The fourth-order valence-electron chi connectivity index (χ4n) is 4.06. The largest absolute Gasteiger partial charge is 0.447 e. The molecule has 2 aliphatic carbocycles. The molecule has 1 aromatic carbocycles. The summed E-state index contributed by atoms with van der Waals surface area (Å²) in [5.41, 5.74) is 1.19. The van der Waals surface area contributed by atoms with Gasteiger partial charge in [0.05, 0.1) is 12.5 Å². The van der Waals surface area contributed by atoms with Gasteiger partial charge in [-0.15, -0.1) is 0 Å². The summed E-state index contributed by atoms with van der Waals surface area (Å²) in [6.45, 7) is 0.702. The van der Waals surface area contributed by atoms with Gasteiger partial charge in [-0.2, -0.15) is 0 Å². The van der Waals surface area contributed by atoms with Crippen LogP contribution in [0.4, 0.5) is 4.79 Å². The normalized spacial score (nSPS) is 33.5. The minimum atomic E-state index is -0.487. The van der Waals surface area contributed by atoms with Crippen molar-refractivity contribution in [3.05, 3.63) is 48.0 Å². The highest BCUT2D eigenvalue weighted by atomic mass is 16.6. The number of carbonyl (C=O) groups is 2. The minimum absolute atomic E-state index is 0.0665. The molecule has 0 radical (unpaired) electrons. The highest BCUT2D eigenvalue weighted by molar-refractivity contribution is 5.95. The third-order valence-corrected chi connectivity index (χ3v) is 4.96. The minimum Gasteiger partial charge on any atom is -0.447 e. The first-order valence-corrected chi connectivity index (χ1v) is 7.47. The summed E-state index contributed by atoms with van der Waals surface area (Å²) >= 11 is 0. The van der Waals surface area contributed by atoms with Crippen LogP contribution in [-0.2, 0) is 9.53 Å². The lowest BCUT2D eigenvalue weighted by molar-refractivity contribution is -0.133. The molecule has 4 atom stereocenters. The number of ether oxygens (including phenoxy) is 1. The maximum atomic E-state index is 12.8. The van der Waals surface area contributed by atoms with E-state index in [0.29, 0.717) is 19.1 Å². The van der Waals surface area contributed by atoms with E-state index in [-0.39, 0.29) is 23.7 Å². The summed E-state index contributed by atoms with van der Waals surface area (Å²) in [6.07, 6.45) is 4.90. The van der Waals surface area contributed by atoms with Crippen molar-refractivity contribution in [2.75, 3.05) is 13.2 Å². The average molecular weight is 283 g/mol. The molecule has 1 saturated heterocycles. The predicted octanol–water partition coefficient (Wildman–Crippen LogP) is 2.57. The Labute approximate surface area is 123 Å². The average Bonchev–Trinajstić information content (AvgIpc) is 3.22. The molecule has 2 amide bonds. The molecular formula is C17H17NO3. The summed E-state index contributed by atoms with van der Waals surface area (Å²) in [4.78, 5) is 25.8. The smallest absolute Gasteiger partial charge is 0.416 e. The molecule has 1 aliphatic heterocycles. The van der Waals surface area contributed by atoms with Crippen molar-refractivity contribution >= 4 is 12.0 Å². The van der Waals surface area contributed by atoms with Gasteiger partial charge in [-0.05, 0) is 23.8 Å². The van der Waals surface area contributed by atoms with Crippen LogP contribution in [0.5, 0.6) is 0 Å². The van der Waals surface area contributed by atoms with Crippen molar-refractivity contribution in [2.45, 2.75) is 12.3 Å². The van der Waals surface area contributed by atoms with Crippen molar-refractivity contribution < 1.29 is 14.3 Å². The van der Waals surface area contributed by atoms with Crippen molar-refractivity contribution in [2.24, 2.45) is 17.8 Å². The van der Waals surface area contributed by atoms with E-state index in [0.717, 1.165) is 6.42 Å². The summed E-state index contributed by atoms with van der Waals surface area (Å²) in [7, 11) is 0. The number of hydrogen-bond acceptors (Lipinski definition) is 3. The van der Waals surface area contributed by atoms with Crippen LogP contribution >= 0.6 is 0 Å². The SMILES string of the molecule is O=C1OCCN1C(=O)[C@@H]1[C@@H](c2ccccc2)[C@H]2C=C[C@@H]1C2. The van der Waals surface area contributed by atoms with Gasteiger partial charge in [-0.25, -0.2) is 9.69 Å². The number of cyclic esters (lactones) is 1. The van der Waals surface area contributed by atoms with Gasteiger partial charge in [0.25, 0.3) is 0 Å². The monoisotopic (exact) mass is 283 g/mol. The van der Waals surface area contributed by atoms with Crippen LogP contribution in [0.2, 0.25) is 0 Å². The van der Waals surface area contributed by atoms with Crippen LogP contribution in [-0.4, -0.2) is 30.1 Å². The Morgan fingerprint density at radius 2 is 1.90 bits per heavy atom. The van der Waals surface area contributed by atoms with E-state index in [1.165, 1.54) is 10.5 Å². The first-order chi connectivity index (χ1) is 10.3. The topological polar surface area (TPSA) is 46.6 Å². The van der Waals surface area contributed by atoms with Crippen molar-refractivity contribution in [3.63, 3.8) is 0 Å².